The van der Waals surface area contributed by atoms with Crippen LogP contribution in [0.5, 0.6) is 5.75 Å². The Balaban J connectivity index is 1.99. The number of benzene rings is 1. The number of hydrogen-bond acceptors (Lipinski definition) is 4. The molecule has 2 rings (SSSR count). The van der Waals surface area contributed by atoms with E-state index >= 15 is 0 Å². The van der Waals surface area contributed by atoms with Gasteiger partial charge in [-0.1, -0.05) is 23.2 Å². The predicted molar refractivity (Wildman–Crippen MR) is 84.1 cm³/mol. The Morgan fingerprint density at radius 2 is 2.18 bits per heavy atom. The molecule has 6 nitrogen and oxygen atoms in total. The third-order valence-electron chi connectivity index (χ3n) is 3.63. The van der Waals surface area contributed by atoms with Gasteiger partial charge in [-0.3, -0.25) is 4.90 Å². The maximum absolute atomic E-state index is 8.73. The Bertz CT molecular complexity index is 584. The first-order chi connectivity index (χ1) is 10.8. The van der Waals surface area contributed by atoms with Gasteiger partial charge in [0.05, 0.1) is 19.4 Å². The number of ether oxygens (including phenoxy) is 2. The summed E-state index contributed by atoms with van der Waals surface area (Å²) in [4.78, 5) is 5.08. The molecule has 0 saturated carbocycles. The number of azide groups is 1. The second kappa shape index (κ2) is 8.30. The summed E-state index contributed by atoms with van der Waals surface area (Å²) in [5.41, 5.74) is 9.88. The average Bonchev–Trinajstić information content (AvgIpc) is 2.90. The van der Waals surface area contributed by atoms with Crippen molar-refractivity contribution in [2.45, 2.75) is 32.2 Å². The van der Waals surface area contributed by atoms with Gasteiger partial charge in [0.15, 0.2) is 0 Å². The molecule has 1 heterocycles. The van der Waals surface area contributed by atoms with E-state index in [4.69, 9.17) is 15.0 Å². The standard InChI is InChI=1S/C16H20N4O2/c1-3-4-9-22-15-10-16(18-19-17)20(12-15)11-13-5-7-14(21-2)8-6-13/h5-8,15-16H,9-12H2,1-2H3. The Labute approximate surface area is 130 Å². The molecule has 1 aromatic carbocycles. The van der Waals surface area contributed by atoms with Crippen molar-refractivity contribution in [3.05, 3.63) is 40.3 Å². The summed E-state index contributed by atoms with van der Waals surface area (Å²) >= 11 is 0. The smallest absolute Gasteiger partial charge is 0.118 e. The van der Waals surface area contributed by atoms with Gasteiger partial charge in [0.25, 0.3) is 0 Å². The van der Waals surface area contributed by atoms with Crippen LogP contribution in [-0.2, 0) is 11.3 Å². The van der Waals surface area contributed by atoms with Crippen LogP contribution in [0, 0.1) is 11.8 Å². The SMILES string of the molecule is CC#CCOC1CC(N=[N+]=[N-])N(Cc2ccc(OC)cc2)C1. The molecule has 2 unspecified atom stereocenters. The second-order valence-electron chi connectivity index (χ2n) is 5.06. The van der Waals surface area contributed by atoms with Gasteiger partial charge in [-0.05, 0) is 36.6 Å². The minimum atomic E-state index is -0.174. The summed E-state index contributed by atoms with van der Waals surface area (Å²) < 4.78 is 10.9. The van der Waals surface area contributed by atoms with E-state index in [1.54, 1.807) is 14.0 Å². The van der Waals surface area contributed by atoms with Gasteiger partial charge in [0.1, 0.15) is 12.4 Å². The molecule has 0 radical (unpaired) electrons. The summed E-state index contributed by atoms with van der Waals surface area (Å²) in [6, 6.07) is 7.89. The topological polar surface area (TPSA) is 70.5 Å². The highest BCUT2D eigenvalue weighted by Crippen LogP contribution is 2.24. The molecule has 1 aromatic rings. The monoisotopic (exact) mass is 300 g/mol. The van der Waals surface area contributed by atoms with Crippen molar-refractivity contribution >= 4 is 0 Å². The zero-order valence-corrected chi connectivity index (χ0v) is 12.9. The fraction of sp³-hybridized carbons (Fsp3) is 0.500. The van der Waals surface area contributed by atoms with E-state index in [0.717, 1.165) is 17.9 Å². The zero-order valence-electron chi connectivity index (χ0n) is 12.9. The highest BCUT2D eigenvalue weighted by molar-refractivity contribution is 5.27. The van der Waals surface area contributed by atoms with Crippen LogP contribution < -0.4 is 4.74 Å². The number of rotatable bonds is 6. The first-order valence-electron chi connectivity index (χ1n) is 7.19. The van der Waals surface area contributed by atoms with Crippen LogP contribution in [0.1, 0.15) is 18.9 Å². The summed E-state index contributed by atoms with van der Waals surface area (Å²) in [7, 11) is 1.65. The van der Waals surface area contributed by atoms with Crippen molar-refractivity contribution < 1.29 is 9.47 Å². The fourth-order valence-corrected chi connectivity index (χ4v) is 2.51. The average molecular weight is 300 g/mol. The van der Waals surface area contributed by atoms with Crippen molar-refractivity contribution in [2.75, 3.05) is 20.3 Å². The zero-order chi connectivity index (χ0) is 15.8. The van der Waals surface area contributed by atoms with Crippen LogP contribution in [0.25, 0.3) is 10.4 Å². The Kier molecular flexibility index (Phi) is 6.11. The first kappa shape index (κ1) is 16.2. The molecule has 6 heteroatoms. The molecule has 0 spiro atoms. The summed E-state index contributed by atoms with van der Waals surface area (Å²) in [6.07, 6.45) is 0.576. The van der Waals surface area contributed by atoms with Crippen LogP contribution in [0.2, 0.25) is 0 Å². The normalized spacial score (nSPS) is 20.8. The molecule has 1 fully saturated rings. The van der Waals surface area contributed by atoms with Crippen LogP contribution in [0.15, 0.2) is 29.4 Å². The van der Waals surface area contributed by atoms with E-state index in [2.05, 4.69) is 26.8 Å². The van der Waals surface area contributed by atoms with Gasteiger partial charge in [-0.25, -0.2) is 0 Å². The van der Waals surface area contributed by atoms with E-state index in [1.807, 2.05) is 24.3 Å². The van der Waals surface area contributed by atoms with Crippen molar-refractivity contribution in [3.63, 3.8) is 0 Å². The molecule has 0 aromatic heterocycles. The lowest BCUT2D eigenvalue weighted by Gasteiger charge is -2.20. The van der Waals surface area contributed by atoms with Gasteiger partial charge in [-0.15, -0.1) is 5.92 Å². The Morgan fingerprint density at radius 1 is 1.41 bits per heavy atom. The van der Waals surface area contributed by atoms with E-state index in [0.29, 0.717) is 19.6 Å². The van der Waals surface area contributed by atoms with Gasteiger partial charge in [0, 0.05) is 18.0 Å². The summed E-state index contributed by atoms with van der Waals surface area (Å²) in [5.74, 6) is 6.53. The van der Waals surface area contributed by atoms with Crippen LogP contribution in [0.4, 0.5) is 0 Å². The maximum atomic E-state index is 8.73. The Hall–Kier alpha value is -2.19. The molecule has 1 saturated heterocycles. The van der Waals surface area contributed by atoms with Gasteiger partial charge in [-0.2, -0.15) is 0 Å². The summed E-state index contributed by atoms with van der Waals surface area (Å²) in [5, 5.41) is 3.88. The molecule has 116 valence electrons. The number of methoxy groups -OCH3 is 1. The summed E-state index contributed by atoms with van der Waals surface area (Å²) in [6.45, 7) is 3.66. The molecule has 2 atom stereocenters. The van der Waals surface area contributed by atoms with Gasteiger partial charge >= 0.3 is 0 Å². The molecular weight excluding hydrogens is 280 g/mol. The molecule has 0 aliphatic carbocycles. The molecule has 1 aliphatic heterocycles. The number of hydrogen-bond donors (Lipinski definition) is 0. The van der Waals surface area contributed by atoms with E-state index in [1.165, 1.54) is 0 Å². The largest absolute Gasteiger partial charge is 0.497 e. The van der Waals surface area contributed by atoms with Gasteiger partial charge in [0.2, 0.25) is 0 Å². The molecule has 22 heavy (non-hydrogen) atoms. The van der Waals surface area contributed by atoms with E-state index < -0.39 is 0 Å². The van der Waals surface area contributed by atoms with Crippen LogP contribution >= 0.6 is 0 Å². The third kappa shape index (κ3) is 4.40. The van der Waals surface area contributed by atoms with Gasteiger partial charge < -0.3 is 9.47 Å². The lowest BCUT2D eigenvalue weighted by molar-refractivity contribution is 0.0830. The lowest BCUT2D eigenvalue weighted by Crippen LogP contribution is -2.28. The molecule has 0 bridgehead atoms. The predicted octanol–water partition coefficient (Wildman–Crippen LogP) is 2.95. The number of likely N-dealkylation sites (tertiary alicyclic amines) is 1. The highest BCUT2D eigenvalue weighted by atomic mass is 16.5. The molecule has 0 amide bonds. The van der Waals surface area contributed by atoms with Crippen LogP contribution in [0.3, 0.4) is 0 Å². The quantitative estimate of drug-likeness (QED) is 0.351. The van der Waals surface area contributed by atoms with Crippen LogP contribution in [-0.4, -0.2) is 37.4 Å². The third-order valence-corrected chi connectivity index (χ3v) is 3.63. The Morgan fingerprint density at radius 3 is 2.82 bits per heavy atom. The highest BCUT2D eigenvalue weighted by Gasteiger charge is 2.31. The fourth-order valence-electron chi connectivity index (χ4n) is 2.51. The first-order valence-corrected chi connectivity index (χ1v) is 7.19. The minimum Gasteiger partial charge on any atom is -0.497 e. The molecular formula is C16H20N4O2. The second-order valence-corrected chi connectivity index (χ2v) is 5.06. The minimum absolute atomic E-state index is 0.0506. The lowest BCUT2D eigenvalue weighted by atomic mass is 10.2. The maximum Gasteiger partial charge on any atom is 0.118 e. The van der Waals surface area contributed by atoms with Crippen molar-refractivity contribution in [3.8, 4) is 17.6 Å². The van der Waals surface area contributed by atoms with Crippen molar-refractivity contribution in [2.24, 2.45) is 5.11 Å². The molecule has 1 aliphatic rings. The van der Waals surface area contributed by atoms with Crippen molar-refractivity contribution in [1.82, 2.24) is 4.90 Å². The van der Waals surface area contributed by atoms with E-state index in [-0.39, 0.29) is 12.3 Å². The van der Waals surface area contributed by atoms with E-state index in [9.17, 15) is 0 Å². The van der Waals surface area contributed by atoms with Crippen molar-refractivity contribution in [1.29, 1.82) is 0 Å². The molecule has 0 N–H and O–H groups in total. The number of nitrogens with zero attached hydrogens (tertiary/aromatic N) is 4.